The van der Waals surface area contributed by atoms with E-state index in [1.54, 1.807) is 0 Å². The molecule has 0 aromatic carbocycles. The van der Waals surface area contributed by atoms with Crippen LogP contribution in [-0.4, -0.2) is 29.5 Å². The second-order valence-corrected chi connectivity index (χ2v) is 4.50. The van der Waals surface area contributed by atoms with E-state index < -0.39 is 0 Å². The first-order chi connectivity index (χ1) is 6.60. The number of rotatable bonds is 8. The lowest BCUT2D eigenvalue weighted by atomic mass is 10.1. The molecule has 0 spiro atoms. The van der Waals surface area contributed by atoms with Crippen LogP contribution < -0.4 is 5.73 Å². The average Bonchev–Trinajstić information content (AvgIpc) is 2.15. The van der Waals surface area contributed by atoms with Crippen LogP contribution in [0.25, 0.3) is 0 Å². The van der Waals surface area contributed by atoms with E-state index in [1.807, 2.05) is 0 Å². The van der Waals surface area contributed by atoms with Gasteiger partial charge in [-0.05, 0) is 31.8 Å². The molecular formula is C11H24N2S. The predicted octanol–water partition coefficient (Wildman–Crippen LogP) is 2.42. The molecule has 1 unspecified atom stereocenters. The minimum atomic E-state index is 0.643. The fourth-order valence-corrected chi connectivity index (χ4v) is 1.57. The smallest absolute Gasteiger partial charge is 0.0727 e. The van der Waals surface area contributed by atoms with Gasteiger partial charge in [0.05, 0.1) is 4.99 Å². The summed E-state index contributed by atoms with van der Waals surface area (Å²) in [7, 11) is 0. The first-order valence-electron chi connectivity index (χ1n) is 5.60. The van der Waals surface area contributed by atoms with Crippen molar-refractivity contribution in [1.82, 2.24) is 4.90 Å². The largest absolute Gasteiger partial charge is 0.393 e. The molecule has 0 aromatic rings. The highest BCUT2D eigenvalue weighted by Crippen LogP contribution is 2.05. The van der Waals surface area contributed by atoms with Crippen LogP contribution >= 0.6 is 12.2 Å². The van der Waals surface area contributed by atoms with E-state index in [0.717, 1.165) is 31.8 Å². The van der Waals surface area contributed by atoms with Crippen LogP contribution in [0.3, 0.4) is 0 Å². The van der Waals surface area contributed by atoms with Gasteiger partial charge in [0, 0.05) is 6.54 Å². The molecule has 3 heteroatoms. The Morgan fingerprint density at radius 1 is 1.43 bits per heavy atom. The Kier molecular flexibility index (Phi) is 8.09. The zero-order valence-electron chi connectivity index (χ0n) is 9.75. The Bertz CT molecular complexity index is 159. The second kappa shape index (κ2) is 8.18. The van der Waals surface area contributed by atoms with Gasteiger partial charge >= 0.3 is 0 Å². The molecule has 14 heavy (non-hydrogen) atoms. The SMILES string of the molecule is CCC(C)CN(CC)CCCC(N)=S. The topological polar surface area (TPSA) is 29.3 Å². The van der Waals surface area contributed by atoms with Crippen molar-refractivity contribution in [3.63, 3.8) is 0 Å². The molecule has 2 N–H and O–H groups in total. The predicted molar refractivity (Wildman–Crippen MR) is 67.6 cm³/mol. The van der Waals surface area contributed by atoms with Crippen molar-refractivity contribution in [2.45, 2.75) is 40.0 Å². The summed E-state index contributed by atoms with van der Waals surface area (Å²) >= 11 is 4.85. The van der Waals surface area contributed by atoms with E-state index in [2.05, 4.69) is 25.7 Å². The zero-order valence-corrected chi connectivity index (χ0v) is 10.6. The van der Waals surface area contributed by atoms with E-state index in [-0.39, 0.29) is 0 Å². The van der Waals surface area contributed by atoms with Gasteiger partial charge in [0.15, 0.2) is 0 Å². The molecule has 0 bridgehead atoms. The first-order valence-corrected chi connectivity index (χ1v) is 6.01. The summed E-state index contributed by atoms with van der Waals surface area (Å²) in [6.45, 7) is 10.2. The third kappa shape index (κ3) is 7.27. The molecule has 0 aliphatic carbocycles. The second-order valence-electron chi connectivity index (χ2n) is 3.98. The van der Waals surface area contributed by atoms with Gasteiger partial charge in [0.25, 0.3) is 0 Å². The molecule has 0 radical (unpaired) electrons. The Morgan fingerprint density at radius 3 is 2.50 bits per heavy atom. The third-order valence-corrected chi connectivity index (χ3v) is 2.82. The van der Waals surface area contributed by atoms with Crippen LogP contribution in [0.2, 0.25) is 0 Å². The summed E-state index contributed by atoms with van der Waals surface area (Å²) < 4.78 is 0. The van der Waals surface area contributed by atoms with E-state index in [9.17, 15) is 0 Å². The normalized spacial score (nSPS) is 13.1. The van der Waals surface area contributed by atoms with Gasteiger partial charge in [-0.2, -0.15) is 0 Å². The zero-order chi connectivity index (χ0) is 11.0. The molecule has 0 saturated heterocycles. The summed E-state index contributed by atoms with van der Waals surface area (Å²) in [6, 6.07) is 0. The fraction of sp³-hybridized carbons (Fsp3) is 0.909. The molecule has 0 rings (SSSR count). The van der Waals surface area contributed by atoms with Crippen molar-refractivity contribution >= 4 is 17.2 Å². The number of nitrogens with zero attached hydrogens (tertiary/aromatic N) is 1. The van der Waals surface area contributed by atoms with Gasteiger partial charge in [0.1, 0.15) is 0 Å². The molecule has 0 saturated carbocycles. The molecule has 0 amide bonds. The molecule has 0 aliphatic rings. The van der Waals surface area contributed by atoms with Gasteiger partial charge < -0.3 is 10.6 Å². The lowest BCUT2D eigenvalue weighted by molar-refractivity contribution is 0.244. The van der Waals surface area contributed by atoms with Crippen LogP contribution in [0, 0.1) is 5.92 Å². The van der Waals surface area contributed by atoms with E-state index in [1.165, 1.54) is 13.0 Å². The molecule has 0 aliphatic heterocycles. The molecule has 2 nitrogen and oxygen atoms in total. The lowest BCUT2D eigenvalue weighted by Gasteiger charge is -2.23. The van der Waals surface area contributed by atoms with Crippen molar-refractivity contribution in [1.29, 1.82) is 0 Å². The van der Waals surface area contributed by atoms with E-state index in [4.69, 9.17) is 18.0 Å². The van der Waals surface area contributed by atoms with Crippen LogP contribution in [0.4, 0.5) is 0 Å². The minimum absolute atomic E-state index is 0.643. The summed E-state index contributed by atoms with van der Waals surface area (Å²) in [5.74, 6) is 0.791. The van der Waals surface area contributed by atoms with Crippen molar-refractivity contribution in [2.24, 2.45) is 11.7 Å². The number of hydrogen-bond donors (Lipinski definition) is 1. The maximum absolute atomic E-state index is 5.46. The standard InChI is InChI=1S/C11H24N2S/c1-4-10(3)9-13(5-2)8-6-7-11(12)14/h10H,4-9H2,1-3H3,(H2,12,14). The van der Waals surface area contributed by atoms with Gasteiger partial charge in [-0.15, -0.1) is 0 Å². The number of thiocarbonyl (C=S) groups is 1. The Hall–Kier alpha value is -0.150. The van der Waals surface area contributed by atoms with E-state index >= 15 is 0 Å². The first kappa shape index (κ1) is 13.8. The molecule has 1 atom stereocenters. The Balaban J connectivity index is 3.62. The summed E-state index contributed by atoms with van der Waals surface area (Å²) in [5, 5.41) is 0. The van der Waals surface area contributed by atoms with Crippen LogP contribution in [0.15, 0.2) is 0 Å². The summed E-state index contributed by atoms with van der Waals surface area (Å²) in [4.78, 5) is 3.12. The highest BCUT2D eigenvalue weighted by Gasteiger charge is 2.06. The maximum atomic E-state index is 5.46. The monoisotopic (exact) mass is 216 g/mol. The van der Waals surface area contributed by atoms with Gasteiger partial charge in [0.2, 0.25) is 0 Å². The van der Waals surface area contributed by atoms with Crippen LogP contribution in [0.5, 0.6) is 0 Å². The average molecular weight is 216 g/mol. The van der Waals surface area contributed by atoms with Crippen molar-refractivity contribution in [3.05, 3.63) is 0 Å². The van der Waals surface area contributed by atoms with Crippen molar-refractivity contribution in [2.75, 3.05) is 19.6 Å². The molecule has 0 heterocycles. The highest BCUT2D eigenvalue weighted by molar-refractivity contribution is 7.80. The van der Waals surface area contributed by atoms with Gasteiger partial charge in [-0.25, -0.2) is 0 Å². The molecule has 0 fully saturated rings. The van der Waals surface area contributed by atoms with E-state index in [0.29, 0.717) is 4.99 Å². The fourth-order valence-electron chi connectivity index (χ4n) is 1.43. The minimum Gasteiger partial charge on any atom is -0.393 e. The van der Waals surface area contributed by atoms with Crippen LogP contribution in [0.1, 0.15) is 40.0 Å². The quantitative estimate of drug-likeness (QED) is 0.632. The lowest BCUT2D eigenvalue weighted by Crippen LogP contribution is -2.29. The summed E-state index contributed by atoms with van der Waals surface area (Å²) in [5.41, 5.74) is 5.46. The van der Waals surface area contributed by atoms with Crippen molar-refractivity contribution in [3.8, 4) is 0 Å². The Labute approximate surface area is 93.8 Å². The molecule has 84 valence electrons. The van der Waals surface area contributed by atoms with Gasteiger partial charge in [-0.1, -0.05) is 39.4 Å². The van der Waals surface area contributed by atoms with Gasteiger partial charge in [-0.3, -0.25) is 0 Å². The number of nitrogens with two attached hydrogens (primary N) is 1. The number of hydrogen-bond acceptors (Lipinski definition) is 2. The Morgan fingerprint density at radius 2 is 2.07 bits per heavy atom. The van der Waals surface area contributed by atoms with Crippen molar-refractivity contribution < 1.29 is 0 Å². The molecule has 0 aromatic heterocycles. The van der Waals surface area contributed by atoms with Crippen LogP contribution in [-0.2, 0) is 0 Å². The summed E-state index contributed by atoms with van der Waals surface area (Å²) in [6.07, 6.45) is 3.23. The molecular weight excluding hydrogens is 192 g/mol. The maximum Gasteiger partial charge on any atom is 0.0727 e. The third-order valence-electron chi connectivity index (χ3n) is 2.61. The highest BCUT2D eigenvalue weighted by atomic mass is 32.1.